The summed E-state index contributed by atoms with van der Waals surface area (Å²) in [5.41, 5.74) is 0.893. The first-order valence-electron chi connectivity index (χ1n) is 6.93. The second-order valence-electron chi connectivity index (χ2n) is 5.16. The second-order valence-corrected chi connectivity index (χ2v) is 5.16. The van der Waals surface area contributed by atoms with Gasteiger partial charge in [-0.1, -0.05) is 30.3 Å². The van der Waals surface area contributed by atoms with Crippen LogP contribution in [0.25, 0.3) is 0 Å². The van der Waals surface area contributed by atoms with E-state index in [9.17, 15) is 14.6 Å². The van der Waals surface area contributed by atoms with Crippen molar-refractivity contribution in [3.8, 4) is 0 Å². The van der Waals surface area contributed by atoms with Crippen LogP contribution in [0, 0.1) is 0 Å². The Kier molecular flexibility index (Phi) is 5.35. The number of nitrogens with one attached hydrogen (secondary N) is 1. The molecule has 0 radical (unpaired) electrons. The van der Waals surface area contributed by atoms with Crippen LogP contribution in [0.3, 0.4) is 0 Å². The summed E-state index contributed by atoms with van der Waals surface area (Å²) in [7, 11) is -1.16. The van der Waals surface area contributed by atoms with Gasteiger partial charge in [0.2, 0.25) is 5.91 Å². The molecule has 1 saturated heterocycles. The summed E-state index contributed by atoms with van der Waals surface area (Å²) in [6, 6.07) is 9.31. The zero-order valence-corrected chi connectivity index (χ0v) is 11.6. The summed E-state index contributed by atoms with van der Waals surface area (Å²) >= 11 is 0. The molecule has 1 aromatic rings. The molecule has 1 aromatic carbocycles. The van der Waals surface area contributed by atoms with Gasteiger partial charge in [0.05, 0.1) is 24.9 Å². The van der Waals surface area contributed by atoms with Crippen molar-refractivity contribution in [3.05, 3.63) is 35.9 Å². The monoisotopic (exact) mass is 291 g/mol. The predicted octanol–water partition coefficient (Wildman–Crippen LogP) is 0.387. The Bertz CT molecular complexity index is 495. The van der Waals surface area contributed by atoms with Crippen LogP contribution in [0.2, 0.25) is 0 Å². The highest BCUT2D eigenvalue weighted by atomic mass is 16.5. The van der Waals surface area contributed by atoms with Gasteiger partial charge < -0.3 is 20.1 Å². The van der Waals surface area contributed by atoms with E-state index >= 15 is 0 Å². The fourth-order valence-electron chi connectivity index (χ4n) is 2.40. The number of carboxylic acids is 1. The number of carbonyl (C=O) groups is 2. The van der Waals surface area contributed by atoms with E-state index < -0.39 is 25.1 Å². The van der Waals surface area contributed by atoms with Crippen LogP contribution in [0.15, 0.2) is 30.3 Å². The molecule has 0 aliphatic carbocycles. The fourth-order valence-corrected chi connectivity index (χ4v) is 2.40. The van der Waals surface area contributed by atoms with Gasteiger partial charge in [-0.2, -0.15) is 0 Å². The third kappa shape index (κ3) is 4.88. The van der Waals surface area contributed by atoms with Crippen LogP contribution in [-0.2, 0) is 20.7 Å². The van der Waals surface area contributed by atoms with Gasteiger partial charge in [0.25, 0.3) is 0 Å². The minimum atomic E-state index is -1.16. The van der Waals surface area contributed by atoms with Crippen molar-refractivity contribution < 1.29 is 24.4 Å². The van der Waals surface area contributed by atoms with Crippen molar-refractivity contribution in [2.24, 2.45) is 0 Å². The Labute approximate surface area is 123 Å². The van der Waals surface area contributed by atoms with Gasteiger partial charge >= 0.3 is 13.1 Å². The molecule has 0 bridgehead atoms. The van der Waals surface area contributed by atoms with Gasteiger partial charge in [0.15, 0.2) is 0 Å². The largest absolute Gasteiger partial charge is 0.481 e. The summed E-state index contributed by atoms with van der Waals surface area (Å²) in [5.74, 6) is -1.64. The number of amides is 1. The normalized spacial score (nSPS) is 21.9. The van der Waals surface area contributed by atoms with E-state index in [0.717, 1.165) is 5.56 Å². The number of rotatable bonds is 5. The smallest absolute Gasteiger partial charge is 0.478 e. The SMILES string of the molecule is O=C(O)CC1CCC(NC(=O)Cc2ccccc2)B(O)O1. The van der Waals surface area contributed by atoms with Crippen LogP contribution >= 0.6 is 0 Å². The predicted molar refractivity (Wildman–Crippen MR) is 76.4 cm³/mol. The average molecular weight is 291 g/mol. The van der Waals surface area contributed by atoms with Crippen LogP contribution in [0.4, 0.5) is 0 Å². The van der Waals surface area contributed by atoms with Crippen LogP contribution < -0.4 is 5.32 Å². The Morgan fingerprint density at radius 1 is 1.29 bits per heavy atom. The molecule has 3 N–H and O–H groups in total. The molecule has 2 atom stereocenters. The minimum absolute atomic E-state index is 0.137. The quantitative estimate of drug-likeness (QED) is 0.682. The Balaban J connectivity index is 1.81. The van der Waals surface area contributed by atoms with Crippen LogP contribution in [0.5, 0.6) is 0 Å². The minimum Gasteiger partial charge on any atom is -0.481 e. The van der Waals surface area contributed by atoms with Crippen LogP contribution in [-0.4, -0.2) is 41.2 Å². The molecule has 21 heavy (non-hydrogen) atoms. The Morgan fingerprint density at radius 3 is 2.62 bits per heavy atom. The molecule has 1 heterocycles. The molecule has 2 rings (SSSR count). The van der Waals surface area contributed by atoms with E-state index in [1.807, 2.05) is 30.3 Å². The second kappa shape index (κ2) is 7.24. The maximum Gasteiger partial charge on any atom is 0.478 e. The topological polar surface area (TPSA) is 95.9 Å². The number of benzene rings is 1. The lowest BCUT2D eigenvalue weighted by molar-refractivity contribution is -0.139. The van der Waals surface area contributed by atoms with Crippen molar-refractivity contribution in [1.29, 1.82) is 0 Å². The van der Waals surface area contributed by atoms with E-state index in [2.05, 4.69) is 5.32 Å². The molecular formula is C14H18BNO5. The van der Waals surface area contributed by atoms with E-state index in [4.69, 9.17) is 9.76 Å². The third-order valence-corrected chi connectivity index (χ3v) is 3.43. The highest BCUT2D eigenvalue weighted by molar-refractivity contribution is 6.45. The number of hydrogen-bond acceptors (Lipinski definition) is 4. The van der Waals surface area contributed by atoms with Crippen molar-refractivity contribution in [2.45, 2.75) is 37.7 Å². The summed E-state index contributed by atoms with van der Waals surface area (Å²) in [5, 5.41) is 21.3. The molecular weight excluding hydrogens is 273 g/mol. The van der Waals surface area contributed by atoms with E-state index in [1.54, 1.807) is 0 Å². The van der Waals surface area contributed by atoms with E-state index in [0.29, 0.717) is 12.8 Å². The van der Waals surface area contributed by atoms with Crippen molar-refractivity contribution in [2.75, 3.05) is 0 Å². The van der Waals surface area contributed by atoms with Gasteiger partial charge in [-0.15, -0.1) is 0 Å². The van der Waals surface area contributed by atoms with Crippen LogP contribution in [0.1, 0.15) is 24.8 Å². The molecule has 1 aliphatic heterocycles. The zero-order chi connectivity index (χ0) is 15.2. The summed E-state index contributed by atoms with van der Waals surface area (Å²) < 4.78 is 5.22. The molecule has 1 amide bonds. The van der Waals surface area contributed by atoms with Gasteiger partial charge in [-0.25, -0.2) is 0 Å². The molecule has 6 nitrogen and oxygen atoms in total. The Hall–Kier alpha value is -1.86. The first-order chi connectivity index (χ1) is 10.0. The molecule has 1 fully saturated rings. The average Bonchev–Trinajstić information content (AvgIpc) is 2.42. The lowest BCUT2D eigenvalue weighted by Crippen LogP contribution is -2.53. The van der Waals surface area contributed by atoms with E-state index in [1.165, 1.54) is 0 Å². The van der Waals surface area contributed by atoms with Gasteiger partial charge in [-0.3, -0.25) is 9.59 Å². The number of hydrogen-bond donors (Lipinski definition) is 3. The van der Waals surface area contributed by atoms with Crippen molar-refractivity contribution >= 4 is 19.0 Å². The summed E-state index contributed by atoms with van der Waals surface area (Å²) in [6.07, 6.45) is 0.601. The maximum absolute atomic E-state index is 11.9. The fraction of sp³-hybridized carbons (Fsp3) is 0.429. The number of aliphatic carboxylic acids is 1. The Morgan fingerprint density at radius 2 is 2.00 bits per heavy atom. The first-order valence-corrected chi connectivity index (χ1v) is 6.93. The molecule has 0 aromatic heterocycles. The zero-order valence-electron chi connectivity index (χ0n) is 11.6. The highest BCUT2D eigenvalue weighted by Gasteiger charge is 2.36. The number of carboxylic acid groups (broad SMARTS) is 1. The first kappa shape index (κ1) is 15.5. The van der Waals surface area contributed by atoms with Gasteiger partial charge in [-0.05, 0) is 18.4 Å². The molecule has 1 aliphatic rings. The van der Waals surface area contributed by atoms with Crippen molar-refractivity contribution in [3.63, 3.8) is 0 Å². The molecule has 0 saturated carbocycles. The van der Waals surface area contributed by atoms with Gasteiger partial charge in [0, 0.05) is 0 Å². The molecule has 112 valence electrons. The van der Waals surface area contributed by atoms with Gasteiger partial charge in [0.1, 0.15) is 0 Å². The number of carbonyl (C=O) groups excluding carboxylic acids is 1. The lowest BCUT2D eigenvalue weighted by atomic mass is 9.72. The third-order valence-electron chi connectivity index (χ3n) is 3.43. The van der Waals surface area contributed by atoms with Crippen molar-refractivity contribution in [1.82, 2.24) is 5.32 Å². The molecule has 0 spiro atoms. The summed E-state index contributed by atoms with van der Waals surface area (Å²) in [6.45, 7) is 0. The highest BCUT2D eigenvalue weighted by Crippen LogP contribution is 2.18. The maximum atomic E-state index is 11.9. The van der Waals surface area contributed by atoms with E-state index in [-0.39, 0.29) is 18.7 Å². The molecule has 7 heteroatoms. The lowest BCUT2D eigenvalue weighted by Gasteiger charge is -2.30. The summed E-state index contributed by atoms with van der Waals surface area (Å²) in [4.78, 5) is 22.5. The molecule has 2 unspecified atom stereocenters. The standard InChI is InChI=1S/C14H18BNO5/c17-13(8-10-4-2-1-3-5-10)16-12-7-6-11(9-14(18)19)21-15(12)20/h1-5,11-12,20H,6-9H2,(H,16,17)(H,18,19).